The van der Waals surface area contributed by atoms with Gasteiger partial charge in [0.05, 0.1) is 18.2 Å². The van der Waals surface area contributed by atoms with Crippen molar-refractivity contribution >= 4 is 5.96 Å². The second kappa shape index (κ2) is 12.3. The molecule has 1 fully saturated rings. The fourth-order valence-corrected chi connectivity index (χ4v) is 2.82. The first kappa shape index (κ1) is 21.1. The van der Waals surface area contributed by atoms with E-state index < -0.39 is 0 Å². The van der Waals surface area contributed by atoms with Crippen molar-refractivity contribution in [2.45, 2.75) is 32.7 Å². The Hall–Kier alpha value is -2.17. The van der Waals surface area contributed by atoms with Gasteiger partial charge in [-0.3, -0.25) is 0 Å². The normalized spacial score (nSPS) is 15.4. The summed E-state index contributed by atoms with van der Waals surface area (Å²) in [5.74, 6) is 0.892. The number of nitrogens with zero attached hydrogens (tertiary/aromatic N) is 2. The van der Waals surface area contributed by atoms with Crippen LogP contribution in [0.1, 0.15) is 37.3 Å². The summed E-state index contributed by atoms with van der Waals surface area (Å²) in [5, 5.41) is 15.3. The number of aliphatic imine (C=N–C) groups is 1. The topological polar surface area (TPSA) is 78.7 Å². The highest BCUT2D eigenvalue weighted by atomic mass is 19.1. The summed E-state index contributed by atoms with van der Waals surface area (Å²) in [4.78, 5) is 4.40. The number of hydrogen-bond acceptors (Lipinski definition) is 4. The maximum Gasteiger partial charge on any atom is 0.191 e. The van der Waals surface area contributed by atoms with Crippen LogP contribution in [0.15, 0.2) is 23.2 Å². The van der Waals surface area contributed by atoms with Crippen LogP contribution in [0.3, 0.4) is 0 Å². The zero-order chi connectivity index (χ0) is 19.3. The van der Waals surface area contributed by atoms with Crippen LogP contribution in [0.2, 0.25) is 0 Å². The summed E-state index contributed by atoms with van der Waals surface area (Å²) in [5.41, 5.74) is 0.840. The fourth-order valence-electron chi connectivity index (χ4n) is 2.82. The highest BCUT2D eigenvalue weighted by Gasteiger charge is 2.13. The van der Waals surface area contributed by atoms with Crippen molar-refractivity contribution in [1.82, 2.24) is 10.6 Å². The lowest BCUT2D eigenvalue weighted by Gasteiger charge is -2.21. The molecule has 2 rings (SSSR count). The molecule has 0 unspecified atom stereocenters. The van der Waals surface area contributed by atoms with Gasteiger partial charge in [0.2, 0.25) is 0 Å². The first-order valence-electron chi connectivity index (χ1n) is 9.59. The summed E-state index contributed by atoms with van der Waals surface area (Å²) in [7, 11) is 0. The number of halogens is 1. The molecule has 0 radical (unpaired) electrons. The molecule has 7 heteroatoms. The standard InChI is InChI=1S/C20H29FN4O2/c1-2-23-20(25-14-18-12-17(13-22)4-5-19(18)21)24-8-3-9-27-15-16-6-10-26-11-7-16/h4-5,12,16H,2-3,6-11,14-15H2,1H3,(H2,23,24,25). The molecule has 1 aliphatic rings. The van der Waals surface area contributed by atoms with Gasteiger partial charge in [-0.05, 0) is 50.3 Å². The highest BCUT2D eigenvalue weighted by Crippen LogP contribution is 2.14. The lowest BCUT2D eigenvalue weighted by molar-refractivity contribution is 0.0203. The van der Waals surface area contributed by atoms with E-state index in [4.69, 9.17) is 14.7 Å². The molecule has 1 saturated heterocycles. The van der Waals surface area contributed by atoms with E-state index in [1.54, 1.807) is 0 Å². The van der Waals surface area contributed by atoms with E-state index in [1.807, 2.05) is 13.0 Å². The van der Waals surface area contributed by atoms with Gasteiger partial charge >= 0.3 is 0 Å². The predicted octanol–water partition coefficient (Wildman–Crippen LogP) is 2.59. The number of ether oxygens (including phenoxy) is 2. The molecule has 2 N–H and O–H groups in total. The lowest BCUT2D eigenvalue weighted by Crippen LogP contribution is -2.38. The van der Waals surface area contributed by atoms with Crippen molar-refractivity contribution in [2.24, 2.45) is 10.9 Å². The lowest BCUT2D eigenvalue weighted by atomic mass is 10.0. The van der Waals surface area contributed by atoms with Crippen LogP contribution in [-0.4, -0.2) is 45.5 Å². The van der Waals surface area contributed by atoms with E-state index in [9.17, 15) is 4.39 Å². The molecule has 148 valence electrons. The number of hydrogen-bond donors (Lipinski definition) is 2. The number of benzene rings is 1. The van der Waals surface area contributed by atoms with Gasteiger partial charge in [-0.25, -0.2) is 9.38 Å². The monoisotopic (exact) mass is 376 g/mol. The summed E-state index contributed by atoms with van der Waals surface area (Å²) in [6.45, 7) is 6.77. The maximum atomic E-state index is 13.8. The Labute approximate surface area is 160 Å². The van der Waals surface area contributed by atoms with Crippen molar-refractivity contribution in [2.75, 3.05) is 39.5 Å². The Balaban J connectivity index is 1.71. The van der Waals surface area contributed by atoms with Gasteiger partial charge in [0.25, 0.3) is 0 Å². The molecular formula is C20H29FN4O2. The third kappa shape index (κ3) is 7.94. The van der Waals surface area contributed by atoms with Crippen molar-refractivity contribution in [3.8, 4) is 6.07 Å². The first-order chi connectivity index (χ1) is 13.2. The summed E-state index contributed by atoms with van der Waals surface area (Å²) in [6, 6.07) is 6.32. The smallest absolute Gasteiger partial charge is 0.191 e. The molecule has 1 aromatic rings. The molecular weight excluding hydrogens is 347 g/mol. The Bertz CT molecular complexity index is 639. The minimum atomic E-state index is -0.352. The van der Waals surface area contributed by atoms with Gasteiger partial charge in [-0.2, -0.15) is 5.26 Å². The van der Waals surface area contributed by atoms with Gasteiger partial charge in [-0.1, -0.05) is 0 Å². The van der Waals surface area contributed by atoms with E-state index in [0.717, 1.165) is 45.6 Å². The summed E-state index contributed by atoms with van der Waals surface area (Å²) >= 11 is 0. The van der Waals surface area contributed by atoms with Crippen molar-refractivity contribution in [3.05, 3.63) is 35.1 Å². The number of rotatable bonds is 9. The SMILES string of the molecule is CCNC(=NCc1cc(C#N)ccc1F)NCCCOCC1CCOCC1. The molecule has 1 heterocycles. The average Bonchev–Trinajstić information content (AvgIpc) is 2.70. The van der Waals surface area contributed by atoms with Crippen LogP contribution in [0, 0.1) is 23.1 Å². The molecule has 0 atom stereocenters. The van der Waals surface area contributed by atoms with Crippen molar-refractivity contribution in [1.29, 1.82) is 5.26 Å². The largest absolute Gasteiger partial charge is 0.381 e. The highest BCUT2D eigenvalue weighted by molar-refractivity contribution is 5.79. The van der Waals surface area contributed by atoms with E-state index in [0.29, 0.717) is 36.2 Å². The fraction of sp³-hybridized carbons (Fsp3) is 0.600. The van der Waals surface area contributed by atoms with Crippen LogP contribution in [0.4, 0.5) is 4.39 Å². The number of nitrogens with one attached hydrogen (secondary N) is 2. The second-order valence-electron chi connectivity index (χ2n) is 6.52. The van der Waals surface area contributed by atoms with E-state index in [1.165, 1.54) is 18.2 Å². The Morgan fingerprint density at radius 2 is 2.19 bits per heavy atom. The minimum Gasteiger partial charge on any atom is -0.381 e. The van der Waals surface area contributed by atoms with Gasteiger partial charge in [0.15, 0.2) is 5.96 Å². The molecule has 1 aliphatic heterocycles. The first-order valence-corrected chi connectivity index (χ1v) is 9.59. The van der Waals surface area contributed by atoms with Crippen LogP contribution < -0.4 is 10.6 Å². The Kier molecular flexibility index (Phi) is 9.60. The van der Waals surface area contributed by atoms with Crippen LogP contribution in [0.5, 0.6) is 0 Å². The molecule has 0 aromatic heterocycles. The Morgan fingerprint density at radius 1 is 1.37 bits per heavy atom. The molecule has 6 nitrogen and oxygen atoms in total. The van der Waals surface area contributed by atoms with Gasteiger partial charge in [0, 0.05) is 45.1 Å². The molecule has 1 aromatic carbocycles. The zero-order valence-electron chi connectivity index (χ0n) is 16.0. The van der Waals surface area contributed by atoms with Crippen LogP contribution >= 0.6 is 0 Å². The van der Waals surface area contributed by atoms with Gasteiger partial charge < -0.3 is 20.1 Å². The Morgan fingerprint density at radius 3 is 2.93 bits per heavy atom. The quantitative estimate of drug-likeness (QED) is 0.393. The second-order valence-corrected chi connectivity index (χ2v) is 6.52. The molecule has 0 aliphatic carbocycles. The molecule has 0 amide bonds. The number of guanidine groups is 1. The van der Waals surface area contributed by atoms with Crippen molar-refractivity contribution in [3.63, 3.8) is 0 Å². The number of nitriles is 1. The van der Waals surface area contributed by atoms with Crippen LogP contribution in [-0.2, 0) is 16.0 Å². The third-order valence-electron chi connectivity index (χ3n) is 4.38. The van der Waals surface area contributed by atoms with Crippen molar-refractivity contribution < 1.29 is 13.9 Å². The van der Waals surface area contributed by atoms with E-state index in [2.05, 4.69) is 15.6 Å². The third-order valence-corrected chi connectivity index (χ3v) is 4.38. The zero-order valence-corrected chi connectivity index (χ0v) is 16.0. The van der Waals surface area contributed by atoms with E-state index in [-0.39, 0.29) is 12.4 Å². The maximum absolute atomic E-state index is 13.8. The molecule has 0 saturated carbocycles. The molecule has 27 heavy (non-hydrogen) atoms. The van der Waals surface area contributed by atoms with E-state index >= 15 is 0 Å². The molecule has 0 bridgehead atoms. The van der Waals surface area contributed by atoms with Crippen LogP contribution in [0.25, 0.3) is 0 Å². The summed E-state index contributed by atoms with van der Waals surface area (Å²) < 4.78 is 24.9. The predicted molar refractivity (Wildman–Crippen MR) is 103 cm³/mol. The summed E-state index contributed by atoms with van der Waals surface area (Å²) in [6.07, 6.45) is 3.03. The minimum absolute atomic E-state index is 0.178. The molecule has 0 spiro atoms. The average molecular weight is 376 g/mol. The van der Waals surface area contributed by atoms with Gasteiger partial charge in [0.1, 0.15) is 5.82 Å². The van der Waals surface area contributed by atoms with Gasteiger partial charge in [-0.15, -0.1) is 0 Å².